The Hall–Kier alpha value is -2.40. The first kappa shape index (κ1) is 23.9. The third kappa shape index (κ3) is 6.84. The summed E-state index contributed by atoms with van der Waals surface area (Å²) in [7, 11) is 1.46. The fraction of sp³-hybridized carbons (Fsp3) is 0.368. The second kappa shape index (κ2) is 10.6. The average Bonchev–Trinajstić information content (AvgIpc) is 2.67. The minimum absolute atomic E-state index is 0.153. The number of nitro benzene ring substituents is 1. The molecule has 30 heavy (non-hydrogen) atoms. The number of halogens is 1. The van der Waals surface area contributed by atoms with Crippen LogP contribution in [0.1, 0.15) is 0 Å². The van der Waals surface area contributed by atoms with Crippen molar-refractivity contribution in [3.63, 3.8) is 0 Å². The zero-order chi connectivity index (χ0) is 22.3. The molecule has 0 saturated carbocycles. The van der Waals surface area contributed by atoms with Crippen molar-refractivity contribution in [2.75, 3.05) is 52.3 Å². The van der Waals surface area contributed by atoms with Gasteiger partial charge >= 0.3 is 0 Å². The van der Waals surface area contributed by atoms with Gasteiger partial charge in [-0.3, -0.25) is 10.1 Å². The first-order valence-electron chi connectivity index (χ1n) is 9.12. The molecule has 2 rings (SSSR count). The van der Waals surface area contributed by atoms with Crippen LogP contribution < -0.4 is 14.4 Å². The number of nitrogens with one attached hydrogen (secondary N) is 1. The van der Waals surface area contributed by atoms with Crippen LogP contribution in [0.15, 0.2) is 47.4 Å². The standard InChI is InChI=1S/C19H25ClN4O5S/c1-22(2)10-9-21-30(27,28)17-7-8-18(19(14-17)24(25)26)23(3)11-12-29-16-6-4-5-15(20)13-16/h4-8,13-14,21H,9-12H2,1-3H3. The number of hydrogen-bond acceptors (Lipinski definition) is 7. The van der Waals surface area contributed by atoms with Crippen LogP contribution in [-0.4, -0.2) is 65.6 Å². The van der Waals surface area contributed by atoms with E-state index in [4.69, 9.17) is 16.3 Å². The third-order valence-electron chi connectivity index (χ3n) is 4.21. The second-order valence-corrected chi connectivity index (χ2v) is 9.04. The normalized spacial score (nSPS) is 11.5. The highest BCUT2D eigenvalue weighted by atomic mass is 35.5. The zero-order valence-corrected chi connectivity index (χ0v) is 18.6. The molecule has 0 saturated heterocycles. The van der Waals surface area contributed by atoms with Gasteiger partial charge in [-0.2, -0.15) is 0 Å². The van der Waals surface area contributed by atoms with Gasteiger partial charge in [-0.1, -0.05) is 17.7 Å². The molecule has 11 heteroatoms. The maximum absolute atomic E-state index is 12.4. The van der Waals surface area contributed by atoms with Crippen molar-refractivity contribution in [2.45, 2.75) is 4.90 Å². The Morgan fingerprint density at radius 1 is 1.13 bits per heavy atom. The van der Waals surface area contributed by atoms with E-state index in [9.17, 15) is 18.5 Å². The molecule has 2 aromatic rings. The minimum atomic E-state index is -3.85. The van der Waals surface area contributed by atoms with E-state index in [1.54, 1.807) is 36.2 Å². The molecule has 0 atom stereocenters. The van der Waals surface area contributed by atoms with Crippen LogP contribution in [0.2, 0.25) is 5.02 Å². The van der Waals surface area contributed by atoms with Gasteiger partial charge in [0.15, 0.2) is 0 Å². The largest absolute Gasteiger partial charge is 0.492 e. The molecule has 2 aromatic carbocycles. The number of likely N-dealkylation sites (N-methyl/N-ethyl adjacent to an activating group) is 2. The summed E-state index contributed by atoms with van der Waals surface area (Å²) in [4.78, 5) is 14.3. The van der Waals surface area contributed by atoms with Gasteiger partial charge in [-0.15, -0.1) is 0 Å². The summed E-state index contributed by atoms with van der Waals surface area (Å²) in [5.41, 5.74) is -0.00215. The van der Waals surface area contributed by atoms with E-state index in [0.717, 1.165) is 6.07 Å². The van der Waals surface area contributed by atoms with E-state index in [0.29, 0.717) is 29.5 Å². The SMILES string of the molecule is CN(C)CCNS(=O)(=O)c1ccc(N(C)CCOc2cccc(Cl)c2)c([N+](=O)[O-])c1. The van der Waals surface area contributed by atoms with Crippen molar-refractivity contribution in [1.29, 1.82) is 0 Å². The molecule has 0 aliphatic heterocycles. The molecular weight excluding hydrogens is 432 g/mol. The van der Waals surface area contributed by atoms with E-state index in [-0.39, 0.29) is 23.7 Å². The van der Waals surface area contributed by atoms with Gasteiger partial charge in [-0.05, 0) is 44.4 Å². The number of benzene rings is 2. The molecule has 0 spiro atoms. The van der Waals surface area contributed by atoms with E-state index in [1.807, 2.05) is 19.0 Å². The van der Waals surface area contributed by atoms with Crippen LogP contribution in [0.3, 0.4) is 0 Å². The number of nitrogens with zero attached hydrogens (tertiary/aromatic N) is 3. The van der Waals surface area contributed by atoms with Crippen LogP contribution in [-0.2, 0) is 10.0 Å². The average molecular weight is 457 g/mol. The van der Waals surface area contributed by atoms with Gasteiger partial charge in [0.25, 0.3) is 5.69 Å². The highest BCUT2D eigenvalue weighted by Crippen LogP contribution is 2.30. The van der Waals surface area contributed by atoms with Crippen molar-refractivity contribution < 1.29 is 18.1 Å². The Bertz CT molecular complexity index is 985. The van der Waals surface area contributed by atoms with Crippen LogP contribution in [0, 0.1) is 10.1 Å². The maximum Gasteiger partial charge on any atom is 0.293 e. The molecule has 0 fully saturated rings. The summed E-state index contributed by atoms with van der Waals surface area (Å²) in [5.74, 6) is 0.593. The van der Waals surface area contributed by atoms with Crippen molar-refractivity contribution in [3.05, 3.63) is 57.6 Å². The predicted molar refractivity (Wildman–Crippen MR) is 117 cm³/mol. The predicted octanol–water partition coefficient (Wildman–Crippen LogP) is 2.60. The smallest absolute Gasteiger partial charge is 0.293 e. The number of nitro groups is 1. The lowest BCUT2D eigenvalue weighted by Gasteiger charge is -2.20. The highest BCUT2D eigenvalue weighted by Gasteiger charge is 2.23. The Balaban J connectivity index is 2.11. The maximum atomic E-state index is 12.4. The summed E-state index contributed by atoms with van der Waals surface area (Å²) in [6.07, 6.45) is 0. The molecule has 0 amide bonds. The molecule has 0 aliphatic rings. The van der Waals surface area contributed by atoms with Gasteiger partial charge in [-0.25, -0.2) is 13.1 Å². The Labute approximate surface area is 181 Å². The monoisotopic (exact) mass is 456 g/mol. The summed E-state index contributed by atoms with van der Waals surface area (Å²) in [6, 6.07) is 10.8. The fourth-order valence-corrected chi connectivity index (χ4v) is 3.82. The zero-order valence-electron chi connectivity index (χ0n) is 17.0. The van der Waals surface area contributed by atoms with Crippen molar-refractivity contribution >= 4 is 33.0 Å². The molecule has 9 nitrogen and oxygen atoms in total. The van der Waals surface area contributed by atoms with Crippen LogP contribution >= 0.6 is 11.6 Å². The number of ether oxygens (including phenoxy) is 1. The van der Waals surface area contributed by atoms with Crippen molar-refractivity contribution in [3.8, 4) is 5.75 Å². The molecule has 0 aromatic heterocycles. The first-order valence-corrected chi connectivity index (χ1v) is 11.0. The van der Waals surface area contributed by atoms with Crippen molar-refractivity contribution in [2.24, 2.45) is 0 Å². The van der Waals surface area contributed by atoms with Crippen LogP contribution in [0.4, 0.5) is 11.4 Å². The quantitative estimate of drug-likeness (QED) is 0.409. The summed E-state index contributed by atoms with van der Waals surface area (Å²) in [5, 5.41) is 12.1. The Morgan fingerprint density at radius 3 is 2.50 bits per heavy atom. The molecule has 164 valence electrons. The molecule has 0 radical (unpaired) electrons. The van der Waals surface area contributed by atoms with E-state index in [2.05, 4.69) is 4.72 Å². The molecule has 0 heterocycles. The molecule has 0 unspecified atom stereocenters. The van der Waals surface area contributed by atoms with Crippen LogP contribution in [0.5, 0.6) is 5.75 Å². The lowest BCUT2D eigenvalue weighted by Crippen LogP contribution is -2.31. The fourth-order valence-electron chi connectivity index (χ4n) is 2.60. The number of rotatable bonds is 11. The van der Waals surface area contributed by atoms with Gasteiger partial charge in [0.1, 0.15) is 18.0 Å². The van der Waals surface area contributed by atoms with Gasteiger partial charge < -0.3 is 14.5 Å². The van der Waals surface area contributed by atoms with E-state index in [1.165, 1.54) is 12.1 Å². The van der Waals surface area contributed by atoms with Gasteiger partial charge in [0.05, 0.1) is 16.4 Å². The second-order valence-electron chi connectivity index (χ2n) is 6.84. The van der Waals surface area contributed by atoms with Gasteiger partial charge in [0.2, 0.25) is 10.0 Å². The van der Waals surface area contributed by atoms with Crippen LogP contribution in [0.25, 0.3) is 0 Å². The number of anilines is 1. The molecule has 0 bridgehead atoms. The molecule has 0 aliphatic carbocycles. The molecule has 1 N–H and O–H groups in total. The summed E-state index contributed by atoms with van der Waals surface area (Å²) in [6.45, 7) is 1.32. The lowest BCUT2D eigenvalue weighted by molar-refractivity contribution is -0.384. The summed E-state index contributed by atoms with van der Waals surface area (Å²) >= 11 is 5.91. The Kier molecular flexibility index (Phi) is 8.42. The van der Waals surface area contributed by atoms with E-state index < -0.39 is 14.9 Å². The summed E-state index contributed by atoms with van der Waals surface area (Å²) < 4.78 is 32.9. The minimum Gasteiger partial charge on any atom is -0.492 e. The number of sulfonamides is 1. The van der Waals surface area contributed by atoms with Gasteiger partial charge in [0, 0.05) is 31.2 Å². The molecular formula is C19H25ClN4O5S. The number of hydrogen-bond donors (Lipinski definition) is 1. The lowest BCUT2D eigenvalue weighted by atomic mass is 10.2. The van der Waals surface area contributed by atoms with Crippen molar-refractivity contribution in [1.82, 2.24) is 9.62 Å². The third-order valence-corrected chi connectivity index (χ3v) is 5.90. The first-order chi connectivity index (χ1) is 14.1. The topological polar surface area (TPSA) is 105 Å². The Morgan fingerprint density at radius 2 is 1.87 bits per heavy atom. The van der Waals surface area contributed by atoms with E-state index >= 15 is 0 Å². The highest BCUT2D eigenvalue weighted by molar-refractivity contribution is 7.89.